The summed E-state index contributed by atoms with van der Waals surface area (Å²) in [6.45, 7) is 9.60. The zero-order valence-corrected chi connectivity index (χ0v) is 15.6. The lowest BCUT2D eigenvalue weighted by molar-refractivity contribution is 0.179. The fraction of sp³-hybridized carbons (Fsp3) is 0.667. The van der Waals surface area contributed by atoms with E-state index in [4.69, 9.17) is 0 Å². The highest BCUT2D eigenvalue weighted by Gasteiger charge is 2.35. The Morgan fingerprint density at radius 1 is 1.17 bits per heavy atom. The van der Waals surface area contributed by atoms with E-state index in [0.29, 0.717) is 29.9 Å². The highest BCUT2D eigenvalue weighted by molar-refractivity contribution is 7.89. The van der Waals surface area contributed by atoms with Gasteiger partial charge in [0.15, 0.2) is 0 Å². The van der Waals surface area contributed by atoms with Crippen molar-refractivity contribution in [3.05, 3.63) is 29.8 Å². The van der Waals surface area contributed by atoms with Crippen molar-refractivity contribution in [1.82, 2.24) is 14.5 Å². The van der Waals surface area contributed by atoms with Crippen LogP contribution in [-0.4, -0.2) is 62.9 Å². The van der Waals surface area contributed by atoms with Gasteiger partial charge in [-0.05, 0) is 36.5 Å². The van der Waals surface area contributed by atoms with Crippen LogP contribution in [0.2, 0.25) is 0 Å². The van der Waals surface area contributed by atoms with Crippen LogP contribution in [0.3, 0.4) is 0 Å². The summed E-state index contributed by atoms with van der Waals surface area (Å²) in [5.41, 5.74) is 1.21. The third-order valence-corrected chi connectivity index (χ3v) is 7.37. The Hall–Kier alpha value is -0.950. The number of piperazine rings is 1. The molecular formula is C18H29N3O2S. The standard InChI is InChI=1S/C18H29N3O2S/c1-3-15(2)16-4-6-18(7-5-16)24(22,23)21-11-8-17(14-21)20-12-9-19-10-13-20/h4-7,15,17,19H,3,8-14H2,1-2H3. The molecule has 1 aromatic carbocycles. The Balaban J connectivity index is 1.69. The Bertz CT molecular complexity index is 639. The van der Waals surface area contributed by atoms with Gasteiger partial charge in [0.05, 0.1) is 4.90 Å². The average molecular weight is 352 g/mol. The summed E-state index contributed by atoms with van der Waals surface area (Å²) >= 11 is 0. The second-order valence-corrected chi connectivity index (χ2v) is 8.91. The highest BCUT2D eigenvalue weighted by atomic mass is 32.2. The quantitative estimate of drug-likeness (QED) is 0.880. The van der Waals surface area contributed by atoms with Crippen molar-refractivity contribution < 1.29 is 8.42 Å². The fourth-order valence-electron chi connectivity index (χ4n) is 3.63. The summed E-state index contributed by atoms with van der Waals surface area (Å²) in [5.74, 6) is 0.464. The summed E-state index contributed by atoms with van der Waals surface area (Å²) in [6, 6.07) is 7.83. The number of sulfonamides is 1. The van der Waals surface area contributed by atoms with Crippen LogP contribution in [0.4, 0.5) is 0 Å². The number of rotatable bonds is 5. The van der Waals surface area contributed by atoms with Crippen LogP contribution in [0, 0.1) is 0 Å². The van der Waals surface area contributed by atoms with Crippen molar-refractivity contribution in [2.24, 2.45) is 0 Å². The van der Waals surface area contributed by atoms with Gasteiger partial charge in [-0.3, -0.25) is 4.90 Å². The Morgan fingerprint density at radius 3 is 2.46 bits per heavy atom. The predicted octanol–water partition coefficient (Wildman–Crippen LogP) is 1.87. The first kappa shape index (κ1) is 17.9. The molecule has 2 aliphatic rings. The molecule has 5 nitrogen and oxygen atoms in total. The first-order valence-electron chi connectivity index (χ1n) is 9.07. The Labute approximate surface area is 146 Å². The lowest BCUT2D eigenvalue weighted by Gasteiger charge is -2.32. The molecule has 0 radical (unpaired) electrons. The van der Waals surface area contributed by atoms with Gasteiger partial charge in [0.25, 0.3) is 0 Å². The third-order valence-electron chi connectivity index (χ3n) is 5.49. The van der Waals surface area contributed by atoms with Gasteiger partial charge in [0.2, 0.25) is 10.0 Å². The molecule has 2 aliphatic heterocycles. The molecule has 0 aliphatic carbocycles. The zero-order chi connectivity index (χ0) is 17.2. The van der Waals surface area contributed by atoms with Crippen molar-refractivity contribution in [1.29, 1.82) is 0 Å². The van der Waals surface area contributed by atoms with Gasteiger partial charge in [-0.25, -0.2) is 8.42 Å². The van der Waals surface area contributed by atoms with E-state index in [9.17, 15) is 8.42 Å². The predicted molar refractivity (Wildman–Crippen MR) is 96.8 cm³/mol. The molecule has 24 heavy (non-hydrogen) atoms. The second-order valence-electron chi connectivity index (χ2n) is 6.97. The molecule has 134 valence electrons. The molecule has 0 saturated carbocycles. The van der Waals surface area contributed by atoms with Crippen molar-refractivity contribution >= 4 is 10.0 Å². The summed E-state index contributed by atoms with van der Waals surface area (Å²) in [4.78, 5) is 2.86. The number of hydrogen-bond donors (Lipinski definition) is 1. The van der Waals surface area contributed by atoms with E-state index >= 15 is 0 Å². The van der Waals surface area contributed by atoms with Crippen molar-refractivity contribution in [3.8, 4) is 0 Å². The van der Waals surface area contributed by atoms with E-state index < -0.39 is 10.0 Å². The molecular weight excluding hydrogens is 322 g/mol. The van der Waals surface area contributed by atoms with Crippen LogP contribution < -0.4 is 5.32 Å². The van der Waals surface area contributed by atoms with Crippen molar-refractivity contribution in [2.75, 3.05) is 39.3 Å². The number of hydrogen-bond acceptors (Lipinski definition) is 4. The molecule has 3 rings (SSSR count). The fourth-order valence-corrected chi connectivity index (χ4v) is 5.12. The van der Waals surface area contributed by atoms with Gasteiger partial charge in [-0.2, -0.15) is 4.31 Å². The van der Waals surface area contributed by atoms with Crippen LogP contribution >= 0.6 is 0 Å². The minimum atomic E-state index is -3.37. The molecule has 0 spiro atoms. The number of benzene rings is 1. The number of nitrogens with one attached hydrogen (secondary N) is 1. The molecule has 0 aromatic heterocycles. The summed E-state index contributed by atoms with van der Waals surface area (Å²) < 4.78 is 27.5. The minimum absolute atomic E-state index is 0.362. The van der Waals surface area contributed by atoms with Gasteiger partial charge in [0, 0.05) is 45.3 Å². The third kappa shape index (κ3) is 3.67. The van der Waals surface area contributed by atoms with E-state index in [2.05, 4.69) is 24.1 Å². The molecule has 1 aromatic rings. The topological polar surface area (TPSA) is 52.7 Å². The maximum atomic E-state index is 12.9. The van der Waals surface area contributed by atoms with E-state index in [1.165, 1.54) is 5.56 Å². The molecule has 1 N–H and O–H groups in total. The zero-order valence-electron chi connectivity index (χ0n) is 14.7. The van der Waals surface area contributed by atoms with E-state index in [1.54, 1.807) is 16.4 Å². The van der Waals surface area contributed by atoms with Gasteiger partial charge in [-0.15, -0.1) is 0 Å². The largest absolute Gasteiger partial charge is 0.314 e. The Kier molecular flexibility index (Phi) is 5.59. The van der Waals surface area contributed by atoms with Gasteiger partial charge < -0.3 is 5.32 Å². The Morgan fingerprint density at radius 2 is 1.83 bits per heavy atom. The summed E-state index contributed by atoms with van der Waals surface area (Å²) in [6.07, 6.45) is 1.99. The number of nitrogens with zero attached hydrogens (tertiary/aromatic N) is 2. The van der Waals surface area contributed by atoms with Crippen LogP contribution in [0.25, 0.3) is 0 Å². The molecule has 6 heteroatoms. The molecule has 2 fully saturated rings. The summed E-state index contributed by atoms with van der Waals surface area (Å²) in [5, 5.41) is 3.35. The SMILES string of the molecule is CCC(C)c1ccc(S(=O)(=O)N2CCC(N3CCNCC3)C2)cc1. The molecule has 0 bridgehead atoms. The second kappa shape index (κ2) is 7.52. The van der Waals surface area contributed by atoms with Gasteiger partial charge >= 0.3 is 0 Å². The molecule has 0 amide bonds. The first-order chi connectivity index (χ1) is 11.5. The van der Waals surface area contributed by atoms with Crippen molar-refractivity contribution in [2.45, 2.75) is 43.5 Å². The van der Waals surface area contributed by atoms with Crippen LogP contribution in [0.5, 0.6) is 0 Å². The van der Waals surface area contributed by atoms with Gasteiger partial charge in [-0.1, -0.05) is 26.0 Å². The van der Waals surface area contributed by atoms with E-state index in [0.717, 1.165) is 39.0 Å². The molecule has 2 saturated heterocycles. The van der Waals surface area contributed by atoms with Crippen LogP contribution in [0.15, 0.2) is 29.2 Å². The van der Waals surface area contributed by atoms with Crippen LogP contribution in [0.1, 0.15) is 38.2 Å². The summed E-state index contributed by atoms with van der Waals surface area (Å²) in [7, 11) is -3.37. The first-order valence-corrected chi connectivity index (χ1v) is 10.5. The molecule has 2 heterocycles. The average Bonchev–Trinajstić information content (AvgIpc) is 3.13. The minimum Gasteiger partial charge on any atom is -0.314 e. The maximum Gasteiger partial charge on any atom is 0.243 e. The van der Waals surface area contributed by atoms with E-state index in [-0.39, 0.29) is 0 Å². The lowest BCUT2D eigenvalue weighted by Crippen LogP contribution is -2.49. The molecule has 2 atom stereocenters. The normalized spacial score (nSPS) is 25.0. The van der Waals surface area contributed by atoms with Crippen LogP contribution in [-0.2, 0) is 10.0 Å². The highest BCUT2D eigenvalue weighted by Crippen LogP contribution is 2.26. The van der Waals surface area contributed by atoms with Crippen molar-refractivity contribution in [3.63, 3.8) is 0 Å². The molecule has 2 unspecified atom stereocenters. The van der Waals surface area contributed by atoms with E-state index in [1.807, 2.05) is 12.1 Å². The van der Waals surface area contributed by atoms with Gasteiger partial charge in [0.1, 0.15) is 0 Å². The lowest BCUT2D eigenvalue weighted by atomic mass is 9.99. The monoisotopic (exact) mass is 351 g/mol. The smallest absolute Gasteiger partial charge is 0.243 e. The maximum absolute atomic E-state index is 12.9.